The van der Waals surface area contributed by atoms with Crippen LogP contribution in [0.25, 0.3) is 0 Å². The Kier molecular flexibility index (Phi) is 2.40. The number of fused-ring (bicyclic) bond motifs is 1. The Morgan fingerprint density at radius 3 is 2.86 bits per heavy atom. The zero-order valence-electron chi connectivity index (χ0n) is 7.52. The Balaban J connectivity index is 2.34. The molecule has 0 radical (unpaired) electrons. The average molecular weight is 212 g/mol. The van der Waals surface area contributed by atoms with E-state index in [9.17, 15) is 9.36 Å². The molecule has 0 spiro atoms. The number of carbonyl (C=O) groups is 1. The topological polar surface area (TPSA) is 52.6 Å². The van der Waals surface area contributed by atoms with Crippen LogP contribution in [0.15, 0.2) is 24.3 Å². The molecule has 2 rings (SSSR count). The summed E-state index contributed by atoms with van der Waals surface area (Å²) in [5.74, 6) is -0.422. The summed E-state index contributed by atoms with van der Waals surface area (Å²) in [6, 6.07) is 6.92. The van der Waals surface area contributed by atoms with Gasteiger partial charge in [0.25, 0.3) is 0 Å². The third-order valence-corrected chi connectivity index (χ3v) is 2.47. The van der Waals surface area contributed by atoms with E-state index in [1.165, 1.54) is 6.66 Å². The van der Waals surface area contributed by atoms with Gasteiger partial charge in [-0.25, -0.2) is 4.79 Å². The lowest BCUT2D eigenvalue weighted by Gasteiger charge is -2.08. The van der Waals surface area contributed by atoms with Crippen molar-refractivity contribution in [3.05, 3.63) is 35.4 Å². The van der Waals surface area contributed by atoms with Gasteiger partial charge in [-0.05, 0) is 6.07 Å². The molecule has 0 saturated carbocycles. The molecule has 0 N–H and O–H groups in total. The fourth-order valence-electron chi connectivity index (χ4n) is 1.35. The van der Waals surface area contributed by atoms with Crippen molar-refractivity contribution in [2.24, 2.45) is 0 Å². The van der Waals surface area contributed by atoms with E-state index in [1.54, 1.807) is 24.3 Å². The number of hydrogen-bond acceptors (Lipinski definition) is 4. The smallest absolute Gasteiger partial charge is 0.341 e. The van der Waals surface area contributed by atoms with Crippen molar-refractivity contribution in [1.29, 1.82) is 0 Å². The quantitative estimate of drug-likeness (QED) is 0.555. The van der Waals surface area contributed by atoms with E-state index in [2.05, 4.69) is 0 Å². The predicted octanol–water partition coefficient (Wildman–Crippen LogP) is 1.98. The summed E-state index contributed by atoms with van der Waals surface area (Å²) < 4.78 is 20.8. The molecule has 1 heterocycles. The number of hydrogen-bond donors (Lipinski definition) is 0. The van der Waals surface area contributed by atoms with Gasteiger partial charge < -0.3 is 4.74 Å². The Morgan fingerprint density at radius 2 is 2.14 bits per heavy atom. The van der Waals surface area contributed by atoms with E-state index in [0.29, 0.717) is 11.1 Å². The van der Waals surface area contributed by atoms with Crippen LogP contribution in [0.5, 0.6) is 0 Å². The van der Waals surface area contributed by atoms with Crippen molar-refractivity contribution >= 4 is 14.0 Å². The summed E-state index contributed by atoms with van der Waals surface area (Å²) in [6.45, 7) is 1.46. The van der Waals surface area contributed by atoms with Gasteiger partial charge in [0.15, 0.2) is 8.03 Å². The van der Waals surface area contributed by atoms with Crippen molar-refractivity contribution in [3.63, 3.8) is 0 Å². The van der Waals surface area contributed by atoms with Crippen LogP contribution in [-0.4, -0.2) is 12.6 Å². The molecule has 0 fully saturated rings. The second kappa shape index (κ2) is 3.56. The van der Waals surface area contributed by atoms with E-state index in [4.69, 9.17) is 9.26 Å². The van der Waals surface area contributed by atoms with Gasteiger partial charge in [0.05, 0.1) is 5.56 Å². The van der Waals surface area contributed by atoms with Gasteiger partial charge in [-0.15, -0.1) is 0 Å². The molecule has 0 amide bonds. The highest BCUT2D eigenvalue weighted by Gasteiger charge is 2.31. The molecular weight excluding hydrogens is 203 g/mol. The number of cyclic esters (lactones) is 1. The zero-order chi connectivity index (χ0) is 10.1. The Hall–Kier alpha value is -1.12. The van der Waals surface area contributed by atoms with Gasteiger partial charge in [-0.3, -0.25) is 9.09 Å². The second-order valence-electron chi connectivity index (χ2n) is 2.93. The van der Waals surface area contributed by atoms with E-state index in [1.807, 2.05) is 0 Å². The summed E-state index contributed by atoms with van der Waals surface area (Å²) in [6.07, 6.45) is -0.796. The van der Waals surface area contributed by atoms with Gasteiger partial charge in [-0.1, -0.05) is 18.2 Å². The van der Waals surface area contributed by atoms with E-state index in [0.717, 1.165) is 0 Å². The lowest BCUT2D eigenvalue weighted by Crippen LogP contribution is -1.98. The maximum atomic E-state index is 11.3. The average Bonchev–Trinajstić information content (AvgIpc) is 2.44. The Labute approximate surface area is 81.7 Å². The van der Waals surface area contributed by atoms with Crippen molar-refractivity contribution in [2.75, 3.05) is 6.66 Å². The van der Waals surface area contributed by atoms with Gasteiger partial charge in [0.2, 0.25) is 6.29 Å². The number of ether oxygens (including phenoxy) is 1. The highest BCUT2D eigenvalue weighted by atomic mass is 31.1. The first kappa shape index (κ1) is 9.44. The van der Waals surface area contributed by atoms with Crippen LogP contribution in [0.2, 0.25) is 0 Å². The highest BCUT2D eigenvalue weighted by molar-refractivity contribution is 7.38. The summed E-state index contributed by atoms with van der Waals surface area (Å²) >= 11 is 0. The first-order chi connectivity index (χ1) is 6.68. The molecule has 2 atom stereocenters. The largest absolute Gasteiger partial charge is 0.427 e. The molecule has 0 bridgehead atoms. The first-order valence-corrected chi connectivity index (χ1v) is 5.97. The summed E-state index contributed by atoms with van der Waals surface area (Å²) in [5.41, 5.74) is 1.14. The van der Waals surface area contributed by atoms with E-state index < -0.39 is 20.3 Å². The molecule has 0 saturated heterocycles. The van der Waals surface area contributed by atoms with Crippen LogP contribution in [0.3, 0.4) is 0 Å². The molecule has 1 aromatic carbocycles. The van der Waals surface area contributed by atoms with Crippen LogP contribution in [0.1, 0.15) is 22.2 Å². The first-order valence-electron chi connectivity index (χ1n) is 4.15. The molecule has 2 unspecified atom stereocenters. The minimum absolute atomic E-state index is 0.422. The lowest BCUT2D eigenvalue weighted by molar-refractivity contribution is -0.0334. The number of esters is 1. The van der Waals surface area contributed by atoms with Crippen molar-refractivity contribution in [1.82, 2.24) is 0 Å². The van der Waals surface area contributed by atoms with Crippen molar-refractivity contribution in [3.8, 4) is 0 Å². The molecule has 0 aromatic heterocycles. The number of carbonyl (C=O) groups excluding carboxylic acids is 1. The van der Waals surface area contributed by atoms with Crippen LogP contribution >= 0.6 is 8.03 Å². The highest BCUT2D eigenvalue weighted by Crippen LogP contribution is 2.36. The number of benzene rings is 1. The van der Waals surface area contributed by atoms with E-state index >= 15 is 0 Å². The zero-order valence-corrected chi connectivity index (χ0v) is 8.52. The van der Waals surface area contributed by atoms with Crippen LogP contribution < -0.4 is 0 Å². The maximum Gasteiger partial charge on any atom is 0.341 e. The standard InChI is InChI=1S/C9H9O4P/c1-14(11)13-9-7-5-3-2-4-6(7)8(10)12-9/h2-5,9,14H,1H3. The fourth-order valence-corrected chi connectivity index (χ4v) is 1.83. The van der Waals surface area contributed by atoms with Crippen molar-refractivity contribution in [2.45, 2.75) is 6.29 Å². The Morgan fingerprint density at radius 1 is 1.43 bits per heavy atom. The summed E-state index contributed by atoms with van der Waals surface area (Å²) in [5, 5.41) is 0. The van der Waals surface area contributed by atoms with Gasteiger partial charge in [0.1, 0.15) is 0 Å². The third-order valence-electron chi connectivity index (χ3n) is 1.92. The molecule has 74 valence electrons. The summed E-state index contributed by atoms with van der Waals surface area (Å²) in [7, 11) is -2.11. The molecule has 1 aromatic rings. The normalized spacial score (nSPS) is 21.5. The second-order valence-corrected chi connectivity index (χ2v) is 4.15. The van der Waals surface area contributed by atoms with Crippen LogP contribution in [0.4, 0.5) is 0 Å². The third kappa shape index (κ3) is 1.59. The Bertz CT molecular complexity index is 400. The molecule has 5 heteroatoms. The van der Waals surface area contributed by atoms with Crippen LogP contribution in [0, 0.1) is 0 Å². The van der Waals surface area contributed by atoms with Gasteiger partial charge in [-0.2, -0.15) is 0 Å². The molecule has 4 nitrogen and oxygen atoms in total. The fraction of sp³-hybridized carbons (Fsp3) is 0.222. The maximum absolute atomic E-state index is 11.3. The minimum atomic E-state index is -2.11. The van der Waals surface area contributed by atoms with Crippen molar-refractivity contribution < 1.29 is 18.6 Å². The monoisotopic (exact) mass is 212 g/mol. The number of rotatable bonds is 2. The predicted molar refractivity (Wildman–Crippen MR) is 50.6 cm³/mol. The summed E-state index contributed by atoms with van der Waals surface area (Å²) in [4.78, 5) is 11.3. The minimum Gasteiger partial charge on any atom is -0.427 e. The van der Waals surface area contributed by atoms with Gasteiger partial charge in [0, 0.05) is 12.2 Å². The SMILES string of the molecule is C[PH](=O)OC1OC(=O)c2ccccc21. The molecule has 14 heavy (non-hydrogen) atoms. The molecule has 1 aliphatic heterocycles. The van der Waals surface area contributed by atoms with E-state index in [-0.39, 0.29) is 0 Å². The molecular formula is C9H9O4P. The molecule has 1 aliphatic rings. The van der Waals surface area contributed by atoms with Crippen LogP contribution in [-0.2, 0) is 13.8 Å². The lowest BCUT2D eigenvalue weighted by atomic mass is 10.1. The van der Waals surface area contributed by atoms with Gasteiger partial charge >= 0.3 is 5.97 Å². The molecule has 0 aliphatic carbocycles.